The second-order valence-corrected chi connectivity index (χ2v) is 4.40. The molecule has 2 rings (SSSR count). The largest absolute Gasteiger partial charge is 0.469 e. The van der Waals surface area contributed by atoms with Crippen LogP contribution in [0.2, 0.25) is 0 Å². The number of furan rings is 1. The van der Waals surface area contributed by atoms with Gasteiger partial charge >= 0.3 is 0 Å². The predicted octanol–water partition coefficient (Wildman–Crippen LogP) is 3.17. The van der Waals surface area contributed by atoms with E-state index in [-0.39, 0.29) is 6.04 Å². The van der Waals surface area contributed by atoms with E-state index < -0.39 is 0 Å². The fourth-order valence-corrected chi connectivity index (χ4v) is 1.92. The third-order valence-electron chi connectivity index (χ3n) is 2.99. The van der Waals surface area contributed by atoms with Crippen LogP contribution in [0, 0.1) is 0 Å². The first kappa shape index (κ1) is 11.9. The lowest BCUT2D eigenvalue weighted by molar-refractivity contribution is 0.477. The molecule has 0 aliphatic rings. The summed E-state index contributed by atoms with van der Waals surface area (Å²) in [5.74, 6) is 1.03. The number of rotatable bonds is 6. The Balaban J connectivity index is 1.69. The molecule has 1 atom stereocenters. The molecule has 0 amide bonds. The summed E-state index contributed by atoms with van der Waals surface area (Å²) in [4.78, 5) is 0. The van der Waals surface area contributed by atoms with Crippen LogP contribution in [-0.4, -0.2) is 6.04 Å². The van der Waals surface area contributed by atoms with Crippen molar-refractivity contribution in [2.45, 2.75) is 31.7 Å². The minimum Gasteiger partial charge on any atom is -0.469 e. The van der Waals surface area contributed by atoms with Gasteiger partial charge in [0.1, 0.15) is 5.76 Å². The quantitative estimate of drug-likeness (QED) is 0.826. The van der Waals surface area contributed by atoms with Crippen LogP contribution in [0.3, 0.4) is 0 Å². The average molecular weight is 229 g/mol. The number of hydrogen-bond acceptors (Lipinski definition) is 2. The van der Waals surface area contributed by atoms with Crippen molar-refractivity contribution >= 4 is 0 Å². The highest BCUT2D eigenvalue weighted by molar-refractivity contribution is 5.14. The van der Waals surface area contributed by atoms with Crippen LogP contribution in [0.25, 0.3) is 0 Å². The molecule has 0 fully saturated rings. The normalized spacial score (nSPS) is 12.5. The molecule has 0 aliphatic carbocycles. The molecular weight excluding hydrogens is 210 g/mol. The molecule has 1 unspecified atom stereocenters. The zero-order chi connectivity index (χ0) is 11.9. The Bertz CT molecular complexity index is 408. The molecule has 1 aromatic carbocycles. The van der Waals surface area contributed by atoms with E-state index in [9.17, 15) is 0 Å². The Morgan fingerprint density at radius 1 is 0.941 bits per heavy atom. The standard InChI is InChI=1S/C15H19NO/c16-14(10-11-15-7-4-12-17-15)9-8-13-5-2-1-3-6-13/h1-7,12,14H,8-11,16H2. The van der Waals surface area contributed by atoms with Crippen LogP contribution < -0.4 is 5.73 Å². The molecule has 2 N–H and O–H groups in total. The molecule has 0 aliphatic heterocycles. The average Bonchev–Trinajstić information content (AvgIpc) is 2.88. The van der Waals surface area contributed by atoms with Crippen molar-refractivity contribution in [1.29, 1.82) is 0 Å². The van der Waals surface area contributed by atoms with Gasteiger partial charge in [0, 0.05) is 12.5 Å². The third-order valence-corrected chi connectivity index (χ3v) is 2.99. The van der Waals surface area contributed by atoms with E-state index in [4.69, 9.17) is 10.2 Å². The Kier molecular flexibility index (Phi) is 4.39. The number of benzene rings is 1. The summed E-state index contributed by atoms with van der Waals surface area (Å²) in [6, 6.07) is 14.7. The monoisotopic (exact) mass is 229 g/mol. The first-order valence-corrected chi connectivity index (χ1v) is 6.16. The van der Waals surface area contributed by atoms with Gasteiger partial charge in [-0.15, -0.1) is 0 Å². The van der Waals surface area contributed by atoms with Gasteiger partial charge in [-0.3, -0.25) is 0 Å². The minimum absolute atomic E-state index is 0.250. The van der Waals surface area contributed by atoms with Crippen LogP contribution in [0.1, 0.15) is 24.2 Å². The summed E-state index contributed by atoms with van der Waals surface area (Å²) in [6.07, 6.45) is 5.72. The van der Waals surface area contributed by atoms with Crippen LogP contribution >= 0.6 is 0 Å². The maximum atomic E-state index is 6.10. The minimum atomic E-state index is 0.250. The van der Waals surface area contributed by atoms with E-state index >= 15 is 0 Å². The second-order valence-electron chi connectivity index (χ2n) is 4.40. The molecule has 2 heteroatoms. The molecule has 0 spiro atoms. The van der Waals surface area contributed by atoms with Crippen molar-refractivity contribution in [3.05, 3.63) is 60.1 Å². The molecule has 2 nitrogen and oxygen atoms in total. The van der Waals surface area contributed by atoms with E-state index in [1.54, 1.807) is 6.26 Å². The fourth-order valence-electron chi connectivity index (χ4n) is 1.92. The van der Waals surface area contributed by atoms with Gasteiger partial charge in [-0.25, -0.2) is 0 Å². The molecule has 17 heavy (non-hydrogen) atoms. The molecule has 1 aromatic heterocycles. The first-order chi connectivity index (χ1) is 8.34. The molecule has 0 saturated carbocycles. The van der Waals surface area contributed by atoms with Crippen molar-refractivity contribution in [2.24, 2.45) is 5.73 Å². The number of aryl methyl sites for hydroxylation is 2. The van der Waals surface area contributed by atoms with Crippen LogP contribution in [0.15, 0.2) is 53.1 Å². The van der Waals surface area contributed by atoms with Crippen molar-refractivity contribution in [3.8, 4) is 0 Å². The van der Waals surface area contributed by atoms with Crippen LogP contribution in [0.4, 0.5) is 0 Å². The summed E-state index contributed by atoms with van der Waals surface area (Å²) in [7, 11) is 0. The highest BCUT2D eigenvalue weighted by Gasteiger charge is 2.05. The van der Waals surface area contributed by atoms with E-state index in [1.807, 2.05) is 18.2 Å². The van der Waals surface area contributed by atoms with E-state index in [0.29, 0.717) is 0 Å². The molecule has 0 bridgehead atoms. The molecule has 1 heterocycles. The topological polar surface area (TPSA) is 39.2 Å². The van der Waals surface area contributed by atoms with Crippen molar-refractivity contribution < 1.29 is 4.42 Å². The van der Waals surface area contributed by atoms with Gasteiger partial charge in [-0.2, -0.15) is 0 Å². The van der Waals surface area contributed by atoms with E-state index in [0.717, 1.165) is 31.4 Å². The van der Waals surface area contributed by atoms with Gasteiger partial charge in [-0.1, -0.05) is 30.3 Å². The third kappa shape index (κ3) is 4.08. The van der Waals surface area contributed by atoms with E-state index in [2.05, 4.69) is 24.3 Å². The Hall–Kier alpha value is -1.54. The summed E-state index contributed by atoms with van der Waals surface area (Å²) in [5.41, 5.74) is 7.46. The maximum absolute atomic E-state index is 6.10. The zero-order valence-corrected chi connectivity index (χ0v) is 10.0. The smallest absolute Gasteiger partial charge is 0.103 e. The molecular formula is C15H19NO. The molecule has 2 aromatic rings. The van der Waals surface area contributed by atoms with Crippen LogP contribution in [0.5, 0.6) is 0 Å². The summed E-state index contributed by atoms with van der Waals surface area (Å²) < 4.78 is 5.29. The zero-order valence-electron chi connectivity index (χ0n) is 10.0. The summed E-state index contributed by atoms with van der Waals surface area (Å²) in [6.45, 7) is 0. The number of hydrogen-bond donors (Lipinski definition) is 1. The van der Waals surface area contributed by atoms with Crippen molar-refractivity contribution in [2.75, 3.05) is 0 Å². The SMILES string of the molecule is NC(CCc1ccccc1)CCc1ccco1. The van der Waals surface area contributed by atoms with Crippen LogP contribution in [-0.2, 0) is 12.8 Å². The first-order valence-electron chi connectivity index (χ1n) is 6.16. The van der Waals surface area contributed by atoms with E-state index in [1.165, 1.54) is 5.56 Å². The molecule has 0 saturated heterocycles. The highest BCUT2D eigenvalue weighted by atomic mass is 16.3. The Morgan fingerprint density at radius 3 is 2.41 bits per heavy atom. The lowest BCUT2D eigenvalue weighted by Crippen LogP contribution is -2.21. The second kappa shape index (κ2) is 6.26. The van der Waals surface area contributed by atoms with Gasteiger partial charge in [-0.05, 0) is 37.0 Å². The predicted molar refractivity (Wildman–Crippen MR) is 69.8 cm³/mol. The Labute approximate surface area is 102 Å². The molecule has 0 radical (unpaired) electrons. The van der Waals surface area contributed by atoms with Gasteiger partial charge in [0.15, 0.2) is 0 Å². The summed E-state index contributed by atoms with van der Waals surface area (Å²) >= 11 is 0. The lowest BCUT2D eigenvalue weighted by Gasteiger charge is -2.10. The van der Waals surface area contributed by atoms with Gasteiger partial charge in [0.05, 0.1) is 6.26 Å². The van der Waals surface area contributed by atoms with Crippen molar-refractivity contribution in [3.63, 3.8) is 0 Å². The fraction of sp³-hybridized carbons (Fsp3) is 0.333. The van der Waals surface area contributed by atoms with Crippen molar-refractivity contribution in [1.82, 2.24) is 0 Å². The maximum Gasteiger partial charge on any atom is 0.103 e. The van der Waals surface area contributed by atoms with Gasteiger partial charge in [0.2, 0.25) is 0 Å². The van der Waals surface area contributed by atoms with Gasteiger partial charge < -0.3 is 10.2 Å². The lowest BCUT2D eigenvalue weighted by atomic mass is 10.0. The van der Waals surface area contributed by atoms with Gasteiger partial charge in [0.25, 0.3) is 0 Å². The Morgan fingerprint density at radius 2 is 1.71 bits per heavy atom. The summed E-state index contributed by atoms with van der Waals surface area (Å²) in [5, 5.41) is 0. The highest BCUT2D eigenvalue weighted by Crippen LogP contribution is 2.09. The molecule has 90 valence electrons. The number of nitrogens with two attached hydrogens (primary N) is 1.